The van der Waals surface area contributed by atoms with Crippen molar-refractivity contribution < 1.29 is 53.1 Å². The van der Waals surface area contributed by atoms with Crippen LogP contribution in [0.25, 0.3) is 0 Å². The van der Waals surface area contributed by atoms with Gasteiger partial charge in [-0.15, -0.1) is 0 Å². The fraction of sp³-hybridized carbons (Fsp3) is 0.562. The number of piperazine rings is 1. The quantitative estimate of drug-likeness (QED) is 0.294. The van der Waals surface area contributed by atoms with Crippen molar-refractivity contribution >= 4 is 32.2 Å². The minimum Gasteiger partial charge on any atom is -0.339 e. The van der Waals surface area contributed by atoms with Gasteiger partial charge in [-0.3, -0.25) is 14.9 Å². The van der Waals surface area contributed by atoms with E-state index in [0.717, 1.165) is 0 Å². The summed E-state index contributed by atoms with van der Waals surface area (Å²) in [5, 5.41) is 5.06. The van der Waals surface area contributed by atoms with Gasteiger partial charge in [0.2, 0.25) is 5.91 Å². The summed E-state index contributed by atoms with van der Waals surface area (Å²) in [6.07, 6.45) is -6.80. The van der Waals surface area contributed by atoms with Crippen LogP contribution in [0.3, 0.4) is 0 Å². The predicted molar refractivity (Wildman–Crippen MR) is 102 cm³/mol. The highest BCUT2D eigenvalue weighted by molar-refractivity contribution is 7.92. The Morgan fingerprint density at radius 3 is 2.09 bits per heavy atom. The van der Waals surface area contributed by atoms with E-state index in [4.69, 9.17) is 0 Å². The Hall–Kier alpha value is -2.34. The molecule has 1 heterocycles. The molecule has 0 aromatic heterocycles. The lowest BCUT2D eigenvalue weighted by Gasteiger charge is -2.32. The van der Waals surface area contributed by atoms with Crippen molar-refractivity contribution in [3.63, 3.8) is 0 Å². The highest BCUT2D eigenvalue weighted by atomic mass is 32.2. The van der Waals surface area contributed by atoms with Crippen LogP contribution < -0.4 is 0 Å². The monoisotopic (exact) mass is 543 g/mol. The summed E-state index contributed by atoms with van der Waals surface area (Å²) < 4.78 is 128. The number of nitro benzene ring substituents is 1. The van der Waals surface area contributed by atoms with E-state index >= 15 is 0 Å². The number of amides is 1. The minimum absolute atomic E-state index is 0.107. The second-order valence-corrected chi connectivity index (χ2v) is 10.7. The Kier molecular flexibility index (Phi) is 7.69. The van der Waals surface area contributed by atoms with E-state index in [2.05, 4.69) is 0 Å². The summed E-state index contributed by atoms with van der Waals surface area (Å²) in [5.74, 6) is -8.95. The van der Waals surface area contributed by atoms with Crippen molar-refractivity contribution in [1.29, 1.82) is 0 Å². The normalized spacial score (nSPS) is 17.5. The van der Waals surface area contributed by atoms with Crippen LogP contribution in [0.1, 0.15) is 0 Å². The van der Waals surface area contributed by atoms with Crippen molar-refractivity contribution in [3.05, 3.63) is 28.3 Å². The molecule has 1 aromatic rings. The van der Waals surface area contributed by atoms with E-state index in [1.54, 1.807) is 7.05 Å². The van der Waals surface area contributed by atoms with E-state index in [0.29, 0.717) is 13.1 Å². The fourth-order valence-electron chi connectivity index (χ4n) is 2.84. The maximum Gasteiger partial charge on any atom is 0.461 e. The Labute approximate surface area is 190 Å². The van der Waals surface area contributed by atoms with Gasteiger partial charge in [-0.25, -0.2) is 12.6 Å². The number of nitro groups is 1. The van der Waals surface area contributed by atoms with Crippen molar-refractivity contribution in [1.82, 2.24) is 9.80 Å². The van der Waals surface area contributed by atoms with Crippen LogP contribution in [0.5, 0.6) is 0 Å². The van der Waals surface area contributed by atoms with Crippen LogP contribution in [0.2, 0.25) is 0 Å². The van der Waals surface area contributed by atoms with Crippen LogP contribution in [0.4, 0.5) is 36.4 Å². The summed E-state index contributed by atoms with van der Waals surface area (Å²) in [6.45, 7) is 1.16. The number of carbonyl (C=O) groups excluding carboxylic acids is 1. The molecule has 1 fully saturated rings. The van der Waals surface area contributed by atoms with E-state index in [1.165, 1.54) is 4.90 Å². The Bertz CT molecular complexity index is 1100. The molecule has 1 aliphatic rings. The van der Waals surface area contributed by atoms with E-state index in [-0.39, 0.29) is 31.3 Å². The molecule has 1 aliphatic heterocycles. The first-order chi connectivity index (χ1) is 15.3. The molecule has 192 valence electrons. The van der Waals surface area contributed by atoms with Gasteiger partial charge in [-0.1, -0.05) is 0 Å². The second-order valence-electron chi connectivity index (χ2n) is 7.19. The van der Waals surface area contributed by atoms with Gasteiger partial charge in [-0.05, 0) is 19.2 Å². The Morgan fingerprint density at radius 1 is 1.09 bits per heavy atom. The number of sulfone groups is 1. The van der Waals surface area contributed by atoms with Gasteiger partial charge in [0.1, 0.15) is 21.4 Å². The third-order valence-electron chi connectivity index (χ3n) is 4.80. The van der Waals surface area contributed by atoms with Crippen LogP contribution in [0.15, 0.2) is 28.0 Å². The number of hydrogen-bond acceptors (Lipinski definition) is 7. The molecule has 0 N–H and O–H groups in total. The zero-order valence-corrected chi connectivity index (χ0v) is 18.7. The van der Waals surface area contributed by atoms with Crippen LogP contribution in [-0.4, -0.2) is 89.6 Å². The fourth-order valence-corrected chi connectivity index (χ4v) is 5.28. The zero-order chi connectivity index (χ0) is 26.3. The average Bonchev–Trinajstić information content (AvgIpc) is 2.71. The van der Waals surface area contributed by atoms with Gasteiger partial charge in [0.05, 0.1) is 9.82 Å². The van der Waals surface area contributed by atoms with Crippen molar-refractivity contribution in [2.24, 2.45) is 0 Å². The molecule has 0 radical (unpaired) electrons. The number of benzene rings is 1. The maximum atomic E-state index is 13.7. The minimum atomic E-state index is -6.80. The number of halogens is 7. The van der Waals surface area contributed by atoms with Crippen molar-refractivity contribution in [3.8, 4) is 0 Å². The summed E-state index contributed by atoms with van der Waals surface area (Å²) in [5.41, 5.74) is -1.52. The summed E-state index contributed by atoms with van der Waals surface area (Å²) in [7, 11) is -7.51. The third-order valence-corrected chi connectivity index (χ3v) is 7.85. The predicted octanol–water partition coefficient (Wildman–Crippen LogP) is 2.04. The standard InChI is InChI=1S/C16H16F7N3O6S2/c1-24-4-6-25(7-5-24)13(27)9-34(31,32)12-3-2-10(8-11(12)26(28)29)33(30)16(22,23)14(17,18)15(19,20)21/h2-3,8H,4-7,9H2,1H3. The van der Waals surface area contributed by atoms with Gasteiger partial charge in [-0.2, -0.15) is 30.7 Å². The third kappa shape index (κ3) is 5.32. The molecule has 1 aromatic carbocycles. The van der Waals surface area contributed by atoms with Crippen molar-refractivity contribution in [2.45, 2.75) is 27.1 Å². The van der Waals surface area contributed by atoms with Gasteiger partial charge in [0, 0.05) is 32.2 Å². The Balaban J connectivity index is 2.41. The lowest BCUT2D eigenvalue weighted by molar-refractivity contribution is -0.388. The molecule has 9 nitrogen and oxygen atoms in total. The molecular weight excluding hydrogens is 527 g/mol. The lowest BCUT2D eigenvalue weighted by atomic mass is 10.3. The lowest BCUT2D eigenvalue weighted by Crippen LogP contribution is -2.54. The van der Waals surface area contributed by atoms with E-state index in [9.17, 15) is 58.3 Å². The number of alkyl halides is 7. The van der Waals surface area contributed by atoms with Crippen LogP contribution in [-0.2, 0) is 25.4 Å². The molecule has 2 rings (SSSR count). The SMILES string of the molecule is CN1CCN(C(=O)CS(=O)(=O)c2ccc(S(=O)C(F)(F)C(F)(F)C(F)(F)F)cc2[N+](=O)[O-])CC1. The van der Waals surface area contributed by atoms with Gasteiger partial charge >= 0.3 is 17.4 Å². The molecule has 1 atom stereocenters. The molecule has 0 spiro atoms. The second kappa shape index (κ2) is 9.37. The zero-order valence-electron chi connectivity index (χ0n) is 17.0. The number of hydrogen-bond donors (Lipinski definition) is 0. The molecule has 1 unspecified atom stereocenters. The molecule has 18 heteroatoms. The molecule has 0 aliphatic carbocycles. The largest absolute Gasteiger partial charge is 0.461 e. The highest BCUT2D eigenvalue weighted by Crippen LogP contribution is 2.49. The summed E-state index contributed by atoms with van der Waals surface area (Å²) in [6, 6.07) is 0.320. The summed E-state index contributed by atoms with van der Waals surface area (Å²) in [4.78, 5) is 22.4. The maximum absolute atomic E-state index is 13.7. The molecule has 1 amide bonds. The number of likely N-dealkylation sites (N-methyl/N-ethyl adjacent to an activating group) is 1. The van der Waals surface area contributed by atoms with Gasteiger partial charge < -0.3 is 9.80 Å². The molecule has 1 saturated heterocycles. The van der Waals surface area contributed by atoms with Gasteiger partial charge in [0.25, 0.3) is 5.69 Å². The van der Waals surface area contributed by atoms with E-state index < -0.39 is 70.1 Å². The first-order valence-electron chi connectivity index (χ1n) is 9.04. The smallest absolute Gasteiger partial charge is 0.339 e. The number of carbonyl (C=O) groups is 1. The first-order valence-corrected chi connectivity index (χ1v) is 11.8. The average molecular weight is 543 g/mol. The number of rotatable bonds is 7. The van der Waals surface area contributed by atoms with Gasteiger partial charge in [0.15, 0.2) is 9.84 Å². The highest BCUT2D eigenvalue weighted by Gasteiger charge is 2.76. The molecule has 0 saturated carbocycles. The summed E-state index contributed by atoms with van der Waals surface area (Å²) >= 11 is 0. The topological polar surface area (TPSA) is 118 Å². The first kappa shape index (κ1) is 27.9. The molecule has 0 bridgehead atoms. The molecule has 34 heavy (non-hydrogen) atoms. The van der Waals surface area contributed by atoms with Crippen LogP contribution in [0, 0.1) is 10.1 Å². The number of nitrogens with zero attached hydrogens (tertiary/aromatic N) is 3. The Morgan fingerprint density at radius 2 is 1.62 bits per heavy atom. The molecular formula is C16H16F7N3O6S2. The van der Waals surface area contributed by atoms with Crippen LogP contribution >= 0.6 is 0 Å². The van der Waals surface area contributed by atoms with Crippen molar-refractivity contribution in [2.75, 3.05) is 39.0 Å². The van der Waals surface area contributed by atoms with E-state index in [1.807, 2.05) is 4.90 Å².